The first-order valence-electron chi connectivity index (χ1n) is 9.58. The molecule has 3 aromatic carbocycles. The van der Waals surface area contributed by atoms with E-state index in [0.717, 1.165) is 28.0 Å². The Kier molecular flexibility index (Phi) is 5.36. The molecule has 0 saturated carbocycles. The lowest BCUT2D eigenvalue weighted by Crippen LogP contribution is -2.28. The van der Waals surface area contributed by atoms with Gasteiger partial charge in [-0.15, -0.1) is 0 Å². The van der Waals surface area contributed by atoms with Crippen LogP contribution in [0.5, 0.6) is 0 Å². The van der Waals surface area contributed by atoms with Crippen LogP contribution in [0.15, 0.2) is 72.8 Å². The average molecular weight is 404 g/mol. The Hall–Kier alpha value is -3.11. The van der Waals surface area contributed by atoms with E-state index >= 15 is 0 Å². The zero-order valence-corrected chi connectivity index (χ0v) is 17.1. The number of fused-ring (bicyclic) bond motifs is 1. The molecule has 0 fully saturated rings. The van der Waals surface area contributed by atoms with Crippen LogP contribution >= 0.6 is 11.6 Å². The fraction of sp³-hybridized carbons (Fsp3) is 0.167. The van der Waals surface area contributed by atoms with E-state index in [1.807, 2.05) is 80.6 Å². The summed E-state index contributed by atoms with van der Waals surface area (Å²) >= 11 is 6.03. The Bertz CT molecular complexity index is 1160. The molecule has 0 saturated heterocycles. The highest BCUT2D eigenvalue weighted by atomic mass is 35.5. The molecule has 0 aliphatic heterocycles. The number of hydrogen-bond acceptors (Lipinski definition) is 2. The summed E-state index contributed by atoms with van der Waals surface area (Å²) in [5, 5.41) is 3.80. The number of nitrogens with zero attached hydrogens (tertiary/aromatic N) is 2. The minimum Gasteiger partial charge on any atom is -0.342 e. The second-order valence-electron chi connectivity index (χ2n) is 7.24. The number of amides is 1. The normalized spacial score (nSPS) is 12.1. The van der Waals surface area contributed by atoms with Crippen LogP contribution in [-0.4, -0.2) is 15.5 Å². The average Bonchev–Trinajstić information content (AvgIpc) is 3.08. The third-order valence-corrected chi connectivity index (χ3v) is 5.21. The monoisotopic (exact) mass is 403 g/mol. The lowest BCUT2D eigenvalue weighted by Gasteiger charge is -2.17. The fourth-order valence-electron chi connectivity index (χ4n) is 3.49. The van der Waals surface area contributed by atoms with Crippen molar-refractivity contribution in [1.82, 2.24) is 14.9 Å². The topological polar surface area (TPSA) is 46.9 Å². The molecule has 0 radical (unpaired) electrons. The van der Waals surface area contributed by atoms with Crippen molar-refractivity contribution in [3.05, 3.63) is 100 Å². The number of hydrogen-bond donors (Lipinski definition) is 1. The first-order valence-corrected chi connectivity index (χ1v) is 9.96. The number of aromatic nitrogens is 2. The molecule has 4 aromatic rings. The van der Waals surface area contributed by atoms with Crippen LogP contribution in [0, 0.1) is 6.92 Å². The quantitative estimate of drug-likeness (QED) is 0.475. The third-order valence-electron chi connectivity index (χ3n) is 4.95. The molecule has 5 heteroatoms. The van der Waals surface area contributed by atoms with E-state index < -0.39 is 0 Å². The molecular formula is C24H22ClN3O. The van der Waals surface area contributed by atoms with Gasteiger partial charge in [0.05, 0.1) is 17.1 Å². The summed E-state index contributed by atoms with van der Waals surface area (Å²) in [7, 11) is 0. The largest absolute Gasteiger partial charge is 0.342 e. The number of imidazole rings is 1. The molecule has 4 rings (SSSR count). The highest BCUT2D eigenvalue weighted by Gasteiger charge is 2.19. The lowest BCUT2D eigenvalue weighted by molar-refractivity contribution is 0.0937. The maximum atomic E-state index is 12.7. The van der Waals surface area contributed by atoms with Gasteiger partial charge in [0, 0.05) is 17.1 Å². The van der Waals surface area contributed by atoms with Crippen LogP contribution in [0.1, 0.15) is 40.3 Å². The first kappa shape index (κ1) is 19.2. The van der Waals surface area contributed by atoms with Crippen molar-refractivity contribution in [1.29, 1.82) is 0 Å². The van der Waals surface area contributed by atoms with Gasteiger partial charge in [-0.25, -0.2) is 4.98 Å². The van der Waals surface area contributed by atoms with Gasteiger partial charge in [-0.2, -0.15) is 0 Å². The predicted molar refractivity (Wildman–Crippen MR) is 117 cm³/mol. The number of aryl methyl sites for hydroxylation is 1. The summed E-state index contributed by atoms with van der Waals surface area (Å²) in [4.78, 5) is 17.6. The number of halogens is 1. The van der Waals surface area contributed by atoms with Gasteiger partial charge in [-0.1, -0.05) is 53.6 Å². The third kappa shape index (κ3) is 4.17. The summed E-state index contributed by atoms with van der Waals surface area (Å²) < 4.78 is 2.15. The highest BCUT2D eigenvalue weighted by molar-refractivity contribution is 6.30. The van der Waals surface area contributed by atoms with Crippen molar-refractivity contribution >= 4 is 28.5 Å². The molecule has 4 nitrogen and oxygen atoms in total. The molecule has 29 heavy (non-hydrogen) atoms. The Labute approximate surface area is 175 Å². The molecule has 0 aliphatic carbocycles. The van der Waals surface area contributed by atoms with Crippen LogP contribution in [0.2, 0.25) is 5.02 Å². The highest BCUT2D eigenvalue weighted by Crippen LogP contribution is 2.23. The first-order chi connectivity index (χ1) is 14.0. The number of rotatable bonds is 5. The van der Waals surface area contributed by atoms with E-state index in [4.69, 9.17) is 16.6 Å². The summed E-state index contributed by atoms with van der Waals surface area (Å²) in [5.74, 6) is 0.716. The molecule has 1 aromatic heterocycles. The van der Waals surface area contributed by atoms with E-state index in [0.29, 0.717) is 17.1 Å². The smallest absolute Gasteiger partial charge is 0.251 e. The molecule has 1 atom stereocenters. The van der Waals surface area contributed by atoms with Crippen molar-refractivity contribution in [2.45, 2.75) is 26.4 Å². The molecule has 1 N–H and O–H groups in total. The van der Waals surface area contributed by atoms with Crippen molar-refractivity contribution in [3.8, 4) is 0 Å². The molecule has 0 bridgehead atoms. The number of carbonyl (C=O) groups excluding carboxylic acids is 1. The molecule has 1 unspecified atom stereocenters. The molecule has 146 valence electrons. The number of nitrogens with one attached hydrogen (secondary N) is 1. The molecule has 0 aliphatic rings. The molecular weight excluding hydrogens is 382 g/mol. The van der Waals surface area contributed by atoms with Gasteiger partial charge >= 0.3 is 0 Å². The van der Waals surface area contributed by atoms with Gasteiger partial charge in [0.15, 0.2) is 0 Å². The minimum atomic E-state index is -0.247. The summed E-state index contributed by atoms with van der Waals surface area (Å²) in [5.41, 5.74) is 4.77. The van der Waals surface area contributed by atoms with Crippen molar-refractivity contribution in [3.63, 3.8) is 0 Å². The van der Waals surface area contributed by atoms with Crippen LogP contribution in [0.3, 0.4) is 0 Å². The zero-order valence-electron chi connectivity index (χ0n) is 16.4. The Morgan fingerprint density at radius 2 is 1.83 bits per heavy atom. The summed E-state index contributed by atoms with van der Waals surface area (Å²) in [6.07, 6.45) is 0. The maximum Gasteiger partial charge on any atom is 0.251 e. The van der Waals surface area contributed by atoms with E-state index in [1.54, 1.807) is 0 Å². The molecule has 1 heterocycles. The summed E-state index contributed by atoms with van der Waals surface area (Å²) in [6.45, 7) is 4.59. The van der Waals surface area contributed by atoms with Gasteiger partial charge in [-0.05, 0) is 55.8 Å². The Morgan fingerprint density at radius 1 is 1.07 bits per heavy atom. The number of para-hydroxylation sites is 2. The predicted octanol–water partition coefficient (Wildman–Crippen LogP) is 5.54. The van der Waals surface area contributed by atoms with Crippen LogP contribution < -0.4 is 5.32 Å². The second-order valence-corrected chi connectivity index (χ2v) is 7.67. The van der Waals surface area contributed by atoms with E-state index in [1.165, 1.54) is 0 Å². The van der Waals surface area contributed by atoms with Gasteiger partial charge in [0.1, 0.15) is 5.82 Å². The molecule has 1 amide bonds. The van der Waals surface area contributed by atoms with Crippen LogP contribution in [-0.2, 0) is 6.54 Å². The summed E-state index contributed by atoms with van der Waals surface area (Å²) in [6, 6.07) is 23.2. The number of benzene rings is 3. The molecule has 0 spiro atoms. The standard InChI is InChI=1S/C24H22ClN3O/c1-16-6-5-7-19(14-16)24(29)26-17(2)23-27-21-8-3-4-9-22(21)28(23)15-18-10-12-20(25)13-11-18/h3-14,17H,15H2,1-2H3,(H,26,29). The SMILES string of the molecule is Cc1cccc(C(=O)NC(C)c2nc3ccccc3n2Cc2ccc(Cl)cc2)c1. The van der Waals surface area contributed by atoms with Crippen molar-refractivity contribution in [2.75, 3.05) is 0 Å². The zero-order chi connectivity index (χ0) is 20.4. The maximum absolute atomic E-state index is 12.7. The van der Waals surface area contributed by atoms with E-state index in [9.17, 15) is 4.79 Å². The van der Waals surface area contributed by atoms with Crippen molar-refractivity contribution in [2.24, 2.45) is 0 Å². The Balaban J connectivity index is 1.67. The fourth-order valence-corrected chi connectivity index (χ4v) is 3.62. The number of carbonyl (C=O) groups is 1. The van der Waals surface area contributed by atoms with Gasteiger partial charge in [0.25, 0.3) is 5.91 Å². The van der Waals surface area contributed by atoms with E-state index in [-0.39, 0.29) is 11.9 Å². The van der Waals surface area contributed by atoms with Crippen LogP contribution in [0.4, 0.5) is 0 Å². The lowest BCUT2D eigenvalue weighted by atomic mass is 10.1. The van der Waals surface area contributed by atoms with Gasteiger partial charge < -0.3 is 9.88 Å². The van der Waals surface area contributed by atoms with Crippen molar-refractivity contribution < 1.29 is 4.79 Å². The van der Waals surface area contributed by atoms with E-state index in [2.05, 4.69) is 16.0 Å². The van der Waals surface area contributed by atoms with Gasteiger partial charge in [-0.3, -0.25) is 4.79 Å². The van der Waals surface area contributed by atoms with Crippen LogP contribution in [0.25, 0.3) is 11.0 Å². The second kappa shape index (κ2) is 8.10. The minimum absolute atomic E-state index is 0.105. The Morgan fingerprint density at radius 3 is 2.59 bits per heavy atom. The van der Waals surface area contributed by atoms with Gasteiger partial charge in [0.2, 0.25) is 0 Å².